The van der Waals surface area contributed by atoms with Gasteiger partial charge in [0.1, 0.15) is 5.69 Å². The van der Waals surface area contributed by atoms with Crippen LogP contribution >= 0.6 is 0 Å². The van der Waals surface area contributed by atoms with Crippen molar-refractivity contribution in [2.75, 3.05) is 6.54 Å². The van der Waals surface area contributed by atoms with E-state index < -0.39 is 0 Å². The molecule has 0 saturated heterocycles. The van der Waals surface area contributed by atoms with Gasteiger partial charge in [0, 0.05) is 25.0 Å². The molecular formula is C12H15N5O. The van der Waals surface area contributed by atoms with Gasteiger partial charge in [-0.25, -0.2) is 9.97 Å². The molecule has 94 valence electrons. The molecule has 0 atom stereocenters. The smallest absolute Gasteiger partial charge is 0.251 e. The van der Waals surface area contributed by atoms with Crippen LogP contribution in [0, 0.1) is 0 Å². The zero-order chi connectivity index (χ0) is 12.8. The minimum atomic E-state index is -0.182. The maximum Gasteiger partial charge on any atom is 0.251 e. The van der Waals surface area contributed by atoms with Crippen LogP contribution in [0.25, 0.3) is 11.5 Å². The standard InChI is InChI=1S/C12H15N5O/c1-2-3-13-7-9-6-11(18)17-12(16-9)10-8-14-4-5-15-10/h4-6,8,13H,2-3,7H2,1H3,(H,16,17,18). The Morgan fingerprint density at radius 1 is 1.39 bits per heavy atom. The van der Waals surface area contributed by atoms with Crippen molar-refractivity contribution in [2.45, 2.75) is 19.9 Å². The van der Waals surface area contributed by atoms with Crippen molar-refractivity contribution in [1.82, 2.24) is 25.3 Å². The molecule has 0 aliphatic carbocycles. The molecule has 2 heterocycles. The zero-order valence-electron chi connectivity index (χ0n) is 10.2. The summed E-state index contributed by atoms with van der Waals surface area (Å²) in [6.07, 6.45) is 5.76. The van der Waals surface area contributed by atoms with Crippen molar-refractivity contribution in [2.24, 2.45) is 0 Å². The van der Waals surface area contributed by atoms with Crippen molar-refractivity contribution >= 4 is 0 Å². The number of nitrogens with one attached hydrogen (secondary N) is 2. The number of aromatic nitrogens is 4. The number of aromatic amines is 1. The summed E-state index contributed by atoms with van der Waals surface area (Å²) in [5.41, 5.74) is 1.08. The Morgan fingerprint density at radius 2 is 2.28 bits per heavy atom. The van der Waals surface area contributed by atoms with E-state index in [1.165, 1.54) is 6.07 Å². The van der Waals surface area contributed by atoms with E-state index in [1.54, 1.807) is 18.6 Å². The number of H-pyrrole nitrogens is 1. The Morgan fingerprint density at radius 3 is 3.00 bits per heavy atom. The van der Waals surface area contributed by atoms with Crippen LogP contribution in [-0.2, 0) is 6.54 Å². The van der Waals surface area contributed by atoms with Gasteiger partial charge in [-0.05, 0) is 13.0 Å². The number of hydrogen-bond acceptors (Lipinski definition) is 5. The topological polar surface area (TPSA) is 83.6 Å². The van der Waals surface area contributed by atoms with E-state index in [0.717, 1.165) is 13.0 Å². The van der Waals surface area contributed by atoms with Crippen LogP contribution in [0.5, 0.6) is 0 Å². The summed E-state index contributed by atoms with van der Waals surface area (Å²) in [5.74, 6) is 0.448. The van der Waals surface area contributed by atoms with Crippen LogP contribution in [0.4, 0.5) is 0 Å². The molecule has 6 nitrogen and oxygen atoms in total. The molecule has 2 N–H and O–H groups in total. The maximum absolute atomic E-state index is 11.5. The molecule has 2 aromatic heterocycles. The van der Waals surface area contributed by atoms with Gasteiger partial charge in [0.05, 0.1) is 11.9 Å². The number of rotatable bonds is 5. The minimum absolute atomic E-state index is 0.182. The van der Waals surface area contributed by atoms with E-state index in [2.05, 4.69) is 32.2 Å². The molecule has 6 heteroatoms. The van der Waals surface area contributed by atoms with Crippen LogP contribution in [0.1, 0.15) is 19.0 Å². The van der Waals surface area contributed by atoms with Crippen molar-refractivity contribution < 1.29 is 0 Å². The summed E-state index contributed by atoms with van der Waals surface area (Å²) in [6.45, 7) is 3.56. The molecule has 2 rings (SSSR count). The fraction of sp³-hybridized carbons (Fsp3) is 0.333. The van der Waals surface area contributed by atoms with Gasteiger partial charge in [-0.15, -0.1) is 0 Å². The van der Waals surface area contributed by atoms with Gasteiger partial charge in [-0.2, -0.15) is 0 Å². The predicted molar refractivity (Wildman–Crippen MR) is 67.9 cm³/mol. The summed E-state index contributed by atoms with van der Waals surface area (Å²) in [7, 11) is 0. The van der Waals surface area contributed by atoms with Crippen LogP contribution < -0.4 is 10.9 Å². The normalized spacial score (nSPS) is 10.5. The van der Waals surface area contributed by atoms with E-state index in [9.17, 15) is 4.79 Å². The predicted octanol–water partition coefficient (Wildman–Crippen LogP) is 0.726. The second kappa shape index (κ2) is 6.02. The van der Waals surface area contributed by atoms with E-state index >= 15 is 0 Å². The molecule has 18 heavy (non-hydrogen) atoms. The molecule has 0 unspecified atom stereocenters. The van der Waals surface area contributed by atoms with E-state index in [1.807, 2.05) is 0 Å². The quantitative estimate of drug-likeness (QED) is 0.758. The van der Waals surface area contributed by atoms with Crippen LogP contribution in [0.2, 0.25) is 0 Å². The highest BCUT2D eigenvalue weighted by Crippen LogP contribution is 2.07. The molecule has 0 bridgehead atoms. The largest absolute Gasteiger partial charge is 0.311 e. The highest BCUT2D eigenvalue weighted by atomic mass is 16.1. The highest BCUT2D eigenvalue weighted by Gasteiger charge is 2.04. The molecule has 0 aliphatic heterocycles. The summed E-state index contributed by atoms with van der Waals surface area (Å²) >= 11 is 0. The van der Waals surface area contributed by atoms with Crippen LogP contribution in [0.15, 0.2) is 29.5 Å². The SMILES string of the molecule is CCCNCc1cc(=O)[nH]c(-c2cnccn2)n1. The third-order valence-corrected chi connectivity index (χ3v) is 2.33. The lowest BCUT2D eigenvalue weighted by Gasteiger charge is -2.04. The summed E-state index contributed by atoms with van der Waals surface area (Å²) < 4.78 is 0. The van der Waals surface area contributed by atoms with Crippen molar-refractivity contribution in [1.29, 1.82) is 0 Å². The van der Waals surface area contributed by atoms with Gasteiger partial charge in [0.2, 0.25) is 0 Å². The van der Waals surface area contributed by atoms with Crippen molar-refractivity contribution in [3.8, 4) is 11.5 Å². The Balaban J connectivity index is 2.24. The third-order valence-electron chi connectivity index (χ3n) is 2.33. The van der Waals surface area contributed by atoms with Crippen LogP contribution in [0.3, 0.4) is 0 Å². The first-order valence-corrected chi connectivity index (χ1v) is 5.87. The lowest BCUT2D eigenvalue weighted by Crippen LogP contribution is -2.18. The lowest BCUT2D eigenvalue weighted by molar-refractivity contribution is 0.662. The van der Waals surface area contributed by atoms with Crippen molar-refractivity contribution in [3.05, 3.63) is 40.7 Å². The molecule has 0 saturated carbocycles. The first kappa shape index (κ1) is 12.4. The number of hydrogen-bond donors (Lipinski definition) is 2. The minimum Gasteiger partial charge on any atom is -0.311 e. The maximum atomic E-state index is 11.5. The lowest BCUT2D eigenvalue weighted by atomic mass is 10.3. The fourth-order valence-corrected chi connectivity index (χ4v) is 1.53. The van der Waals surface area contributed by atoms with Gasteiger partial charge in [0.25, 0.3) is 5.56 Å². The molecule has 2 aromatic rings. The molecule has 0 aliphatic rings. The fourth-order valence-electron chi connectivity index (χ4n) is 1.53. The Kier molecular flexibility index (Phi) is 4.14. The highest BCUT2D eigenvalue weighted by molar-refractivity contribution is 5.46. The average molecular weight is 245 g/mol. The molecule has 0 fully saturated rings. The van der Waals surface area contributed by atoms with E-state index in [0.29, 0.717) is 23.8 Å². The molecular weight excluding hydrogens is 230 g/mol. The average Bonchev–Trinajstić information content (AvgIpc) is 2.39. The van der Waals surface area contributed by atoms with Gasteiger partial charge in [-0.3, -0.25) is 9.78 Å². The van der Waals surface area contributed by atoms with Gasteiger partial charge >= 0.3 is 0 Å². The monoisotopic (exact) mass is 245 g/mol. The molecule has 0 radical (unpaired) electrons. The van der Waals surface area contributed by atoms with E-state index in [4.69, 9.17) is 0 Å². The summed E-state index contributed by atoms with van der Waals surface area (Å²) in [6, 6.07) is 1.49. The van der Waals surface area contributed by atoms with Gasteiger partial charge in [0.15, 0.2) is 5.82 Å². The third kappa shape index (κ3) is 3.21. The van der Waals surface area contributed by atoms with Crippen LogP contribution in [-0.4, -0.2) is 26.5 Å². The van der Waals surface area contributed by atoms with Gasteiger partial charge in [-0.1, -0.05) is 6.92 Å². The Bertz CT molecular complexity index is 552. The number of nitrogens with zero attached hydrogens (tertiary/aromatic N) is 3. The Hall–Kier alpha value is -2.08. The summed E-state index contributed by atoms with van der Waals surface area (Å²) in [4.78, 5) is 26.6. The summed E-state index contributed by atoms with van der Waals surface area (Å²) in [5, 5.41) is 3.21. The van der Waals surface area contributed by atoms with E-state index in [-0.39, 0.29) is 5.56 Å². The molecule has 0 amide bonds. The first-order valence-electron chi connectivity index (χ1n) is 5.87. The second-order valence-corrected chi connectivity index (χ2v) is 3.85. The van der Waals surface area contributed by atoms with Crippen molar-refractivity contribution in [3.63, 3.8) is 0 Å². The molecule has 0 spiro atoms. The zero-order valence-corrected chi connectivity index (χ0v) is 10.2. The second-order valence-electron chi connectivity index (χ2n) is 3.85. The first-order chi connectivity index (χ1) is 8.79. The van der Waals surface area contributed by atoms with Gasteiger partial charge < -0.3 is 10.3 Å². The Labute approximate surface area is 105 Å². The molecule has 0 aromatic carbocycles.